The number of H-pyrrole nitrogens is 1. The summed E-state index contributed by atoms with van der Waals surface area (Å²) in [7, 11) is 0. The molecule has 0 saturated carbocycles. The van der Waals surface area contributed by atoms with Gasteiger partial charge in [0.2, 0.25) is 0 Å². The zero-order chi connectivity index (χ0) is 10.9. The molecule has 1 heterocycles. The van der Waals surface area contributed by atoms with Crippen LogP contribution in [0.25, 0.3) is 0 Å². The summed E-state index contributed by atoms with van der Waals surface area (Å²) in [6.45, 7) is 4.87. The number of hydrogen-bond donors (Lipinski definition) is 3. The molecule has 3 N–H and O–H groups in total. The quantitative estimate of drug-likeness (QED) is 0.540. The zero-order valence-electron chi connectivity index (χ0n) is 9.12. The second-order valence-corrected chi connectivity index (χ2v) is 3.36. The molecule has 0 aliphatic rings. The fraction of sp³-hybridized carbons (Fsp3) is 0.700. The molecule has 0 amide bonds. The first-order chi connectivity index (χ1) is 7.33. The van der Waals surface area contributed by atoms with E-state index < -0.39 is 0 Å². The minimum atomic E-state index is 0.0981. The average molecular weight is 213 g/mol. The summed E-state index contributed by atoms with van der Waals surface area (Å²) in [4.78, 5) is 7.26. The van der Waals surface area contributed by atoms with Crippen molar-refractivity contribution in [2.45, 2.75) is 19.9 Å². The Morgan fingerprint density at radius 3 is 3.07 bits per heavy atom. The van der Waals surface area contributed by atoms with Gasteiger partial charge in [0.05, 0.1) is 13.2 Å². The topological polar surface area (TPSA) is 70.2 Å². The van der Waals surface area contributed by atoms with Gasteiger partial charge in [0.25, 0.3) is 0 Å². The first kappa shape index (κ1) is 12.2. The van der Waals surface area contributed by atoms with Crippen LogP contribution < -0.4 is 5.32 Å². The number of imidazole rings is 1. The lowest BCUT2D eigenvalue weighted by molar-refractivity contribution is 0.0907. The summed E-state index contributed by atoms with van der Waals surface area (Å²) in [6.07, 6.45) is 2.79. The molecule has 0 atom stereocenters. The molecule has 0 unspecified atom stereocenters. The van der Waals surface area contributed by atoms with Crippen molar-refractivity contribution in [3.8, 4) is 0 Å². The molecule has 0 aliphatic heterocycles. The molecule has 0 fully saturated rings. The van der Waals surface area contributed by atoms with Crippen LogP contribution in [0, 0.1) is 6.92 Å². The molecule has 86 valence electrons. The number of aliphatic hydroxyl groups is 1. The van der Waals surface area contributed by atoms with Gasteiger partial charge in [0, 0.05) is 25.0 Å². The van der Waals surface area contributed by atoms with Gasteiger partial charge in [-0.1, -0.05) is 0 Å². The number of aromatic nitrogens is 2. The Kier molecular flexibility index (Phi) is 5.99. The van der Waals surface area contributed by atoms with Crippen molar-refractivity contribution < 1.29 is 9.84 Å². The monoisotopic (exact) mass is 213 g/mol. The van der Waals surface area contributed by atoms with E-state index in [4.69, 9.17) is 9.84 Å². The predicted octanol–water partition coefficient (Wildman–Crippen LogP) is 0.207. The van der Waals surface area contributed by atoms with Gasteiger partial charge >= 0.3 is 0 Å². The maximum Gasteiger partial charge on any atom is 0.103 e. The van der Waals surface area contributed by atoms with E-state index in [-0.39, 0.29) is 6.61 Å². The van der Waals surface area contributed by atoms with E-state index >= 15 is 0 Å². The SMILES string of the molecule is Cc1ncc(CNCCCOCCO)[nH]1. The first-order valence-electron chi connectivity index (χ1n) is 5.22. The number of rotatable bonds is 8. The Labute approximate surface area is 89.9 Å². The number of ether oxygens (including phenoxy) is 1. The molecule has 0 radical (unpaired) electrons. The van der Waals surface area contributed by atoms with Gasteiger partial charge in [-0.05, 0) is 19.9 Å². The smallest absolute Gasteiger partial charge is 0.103 e. The number of aliphatic hydroxyl groups excluding tert-OH is 1. The van der Waals surface area contributed by atoms with Gasteiger partial charge in [-0.25, -0.2) is 4.98 Å². The summed E-state index contributed by atoms with van der Waals surface area (Å²) in [6, 6.07) is 0. The third-order valence-electron chi connectivity index (χ3n) is 1.95. The van der Waals surface area contributed by atoms with Crippen LogP contribution in [0.15, 0.2) is 6.20 Å². The lowest BCUT2D eigenvalue weighted by Crippen LogP contribution is -2.17. The number of nitrogens with one attached hydrogen (secondary N) is 2. The molecule has 0 bridgehead atoms. The second-order valence-electron chi connectivity index (χ2n) is 3.36. The molecule has 0 saturated heterocycles. The highest BCUT2D eigenvalue weighted by Gasteiger charge is 1.95. The number of hydrogen-bond acceptors (Lipinski definition) is 4. The summed E-state index contributed by atoms with van der Waals surface area (Å²) in [5.74, 6) is 0.943. The van der Waals surface area contributed by atoms with Gasteiger partial charge in [-0.15, -0.1) is 0 Å². The van der Waals surface area contributed by atoms with Gasteiger partial charge in [0.15, 0.2) is 0 Å². The van der Waals surface area contributed by atoms with Crippen molar-refractivity contribution in [2.75, 3.05) is 26.4 Å². The van der Waals surface area contributed by atoms with Crippen LogP contribution in [0.1, 0.15) is 17.9 Å². The standard InChI is InChI=1S/C10H19N3O2/c1-9-12-8-10(13-9)7-11-3-2-5-15-6-4-14/h8,11,14H,2-7H2,1H3,(H,12,13). The lowest BCUT2D eigenvalue weighted by Gasteiger charge is -2.03. The summed E-state index contributed by atoms with van der Waals surface area (Å²) < 4.78 is 5.13. The first-order valence-corrected chi connectivity index (χ1v) is 5.22. The Hall–Kier alpha value is -0.910. The third-order valence-corrected chi connectivity index (χ3v) is 1.95. The van der Waals surface area contributed by atoms with Crippen molar-refractivity contribution in [1.82, 2.24) is 15.3 Å². The third kappa shape index (κ3) is 5.51. The van der Waals surface area contributed by atoms with E-state index in [1.54, 1.807) is 0 Å². The molecular formula is C10H19N3O2. The number of aromatic amines is 1. The Morgan fingerprint density at radius 1 is 1.53 bits per heavy atom. The van der Waals surface area contributed by atoms with E-state index in [1.165, 1.54) is 0 Å². The highest BCUT2D eigenvalue weighted by atomic mass is 16.5. The summed E-state index contributed by atoms with van der Waals surface area (Å²) >= 11 is 0. The van der Waals surface area contributed by atoms with Crippen LogP contribution in [0.2, 0.25) is 0 Å². The van der Waals surface area contributed by atoms with Crippen LogP contribution in [0.5, 0.6) is 0 Å². The normalized spacial score (nSPS) is 10.8. The van der Waals surface area contributed by atoms with Crippen LogP contribution in [-0.4, -0.2) is 41.4 Å². The van der Waals surface area contributed by atoms with Crippen molar-refractivity contribution in [3.05, 3.63) is 17.7 Å². The van der Waals surface area contributed by atoms with Crippen LogP contribution in [0.4, 0.5) is 0 Å². The van der Waals surface area contributed by atoms with Crippen molar-refractivity contribution in [3.63, 3.8) is 0 Å². The number of aryl methyl sites for hydroxylation is 1. The molecule has 0 spiro atoms. The van der Waals surface area contributed by atoms with Crippen molar-refractivity contribution in [1.29, 1.82) is 0 Å². The molecule has 0 aromatic carbocycles. The molecular weight excluding hydrogens is 194 g/mol. The van der Waals surface area contributed by atoms with Gasteiger partial charge < -0.3 is 20.1 Å². The minimum absolute atomic E-state index is 0.0981. The Balaban J connectivity index is 1.93. The second kappa shape index (κ2) is 7.39. The Bertz CT molecular complexity index is 263. The Morgan fingerprint density at radius 2 is 2.40 bits per heavy atom. The molecule has 0 aliphatic carbocycles. The van der Waals surface area contributed by atoms with Gasteiger partial charge in [-0.2, -0.15) is 0 Å². The fourth-order valence-electron chi connectivity index (χ4n) is 1.25. The van der Waals surface area contributed by atoms with Crippen LogP contribution >= 0.6 is 0 Å². The van der Waals surface area contributed by atoms with Crippen molar-refractivity contribution in [2.24, 2.45) is 0 Å². The van der Waals surface area contributed by atoms with Gasteiger partial charge in [0.1, 0.15) is 5.82 Å². The highest BCUT2D eigenvalue weighted by molar-refractivity contribution is 4.98. The van der Waals surface area contributed by atoms with E-state index in [2.05, 4.69) is 15.3 Å². The average Bonchev–Trinajstić information content (AvgIpc) is 2.63. The molecule has 1 aromatic heterocycles. The fourth-order valence-corrected chi connectivity index (χ4v) is 1.25. The molecule has 5 heteroatoms. The van der Waals surface area contributed by atoms with Crippen LogP contribution in [0.3, 0.4) is 0 Å². The van der Waals surface area contributed by atoms with E-state index in [0.29, 0.717) is 13.2 Å². The van der Waals surface area contributed by atoms with Gasteiger partial charge in [-0.3, -0.25) is 0 Å². The lowest BCUT2D eigenvalue weighted by atomic mass is 10.4. The highest BCUT2D eigenvalue weighted by Crippen LogP contribution is 1.94. The number of nitrogens with zero attached hydrogens (tertiary/aromatic N) is 1. The van der Waals surface area contributed by atoms with E-state index in [1.807, 2.05) is 13.1 Å². The molecule has 1 aromatic rings. The van der Waals surface area contributed by atoms with E-state index in [9.17, 15) is 0 Å². The van der Waals surface area contributed by atoms with Crippen molar-refractivity contribution >= 4 is 0 Å². The molecule has 1 rings (SSSR count). The maximum absolute atomic E-state index is 8.47. The predicted molar refractivity (Wildman–Crippen MR) is 57.6 cm³/mol. The maximum atomic E-state index is 8.47. The largest absolute Gasteiger partial charge is 0.394 e. The minimum Gasteiger partial charge on any atom is -0.394 e. The zero-order valence-corrected chi connectivity index (χ0v) is 9.12. The van der Waals surface area contributed by atoms with E-state index in [0.717, 1.165) is 31.0 Å². The summed E-state index contributed by atoms with van der Waals surface area (Å²) in [5.41, 5.74) is 1.10. The summed E-state index contributed by atoms with van der Waals surface area (Å²) in [5, 5.41) is 11.7. The molecule has 15 heavy (non-hydrogen) atoms. The molecule has 5 nitrogen and oxygen atoms in total. The van der Waals surface area contributed by atoms with Crippen LogP contribution in [-0.2, 0) is 11.3 Å².